The van der Waals surface area contributed by atoms with Gasteiger partial charge in [0.15, 0.2) is 47.1 Å². The summed E-state index contributed by atoms with van der Waals surface area (Å²) in [7, 11) is 7.16. The third-order valence-corrected chi connectivity index (χ3v) is 20.8. The molecule has 0 bridgehead atoms. The van der Waals surface area contributed by atoms with Crippen LogP contribution in [0.2, 0.25) is 0 Å². The number of nitrogens with zero attached hydrogens (tertiary/aromatic N) is 8. The van der Waals surface area contributed by atoms with Crippen molar-refractivity contribution in [1.29, 1.82) is 0 Å². The van der Waals surface area contributed by atoms with Gasteiger partial charge < -0.3 is 17.7 Å². The zero-order valence-corrected chi connectivity index (χ0v) is 70.2. The summed E-state index contributed by atoms with van der Waals surface area (Å²) in [5.41, 5.74) is 15.8. The number of benzene rings is 4. The lowest BCUT2D eigenvalue weighted by molar-refractivity contribution is -0.661. The highest BCUT2D eigenvalue weighted by molar-refractivity contribution is 6.12. The first-order valence-electron chi connectivity index (χ1n) is 54.8. The van der Waals surface area contributed by atoms with Crippen molar-refractivity contribution in [2.75, 3.05) is 0 Å². The van der Waals surface area contributed by atoms with Gasteiger partial charge in [-0.15, -0.1) is 0 Å². The van der Waals surface area contributed by atoms with Gasteiger partial charge in [-0.25, -0.2) is 38.2 Å². The fourth-order valence-electron chi connectivity index (χ4n) is 15.3. The second kappa shape index (κ2) is 33.8. The number of hydrogen-bond acceptors (Lipinski definition) is 8. The molecule has 116 heavy (non-hydrogen) atoms. The number of aryl methyl sites for hydroxylation is 12. The van der Waals surface area contributed by atoms with Crippen LogP contribution in [0.3, 0.4) is 0 Å². The molecular formula is C104H124N8O4+4. The Morgan fingerprint density at radius 2 is 0.569 bits per heavy atom. The number of aromatic nitrogens is 8. The maximum absolute atomic E-state index is 8.70. The normalized spacial score (nSPS) is 19.4. The Labute approximate surface area is 733 Å². The number of hydrogen-bond donors (Lipinski definition) is 0. The molecule has 0 radical (unpaired) electrons. The van der Waals surface area contributed by atoms with E-state index in [2.05, 4.69) is 19.9 Å². The van der Waals surface area contributed by atoms with Gasteiger partial charge in [0.25, 0.3) is 0 Å². The van der Waals surface area contributed by atoms with E-state index >= 15 is 0 Å². The van der Waals surface area contributed by atoms with Crippen LogP contribution in [0, 0.1) is 78.9 Å². The standard InChI is InChI=1S/4C26H31N2O/c2*1-15(2)12-19-9-11-21-20-10-8-17(5)24(25(20)29-26(21)27-19)23-13-22(16(3)4)18(6)14-28(23)7;2*1-15(2)12-19-9-11-21-20-10-8-17(5)24(25(20)29-26(21)27-19)23-13-18(6)22(16(3)4)14-28(23)7/h4*8-11,13-16H,12H2,1-7H3/q4*+1/i3D3,6D3,12D2,16D;6D3,12D2,16D;1D3,3D3,12D2,15D,16D;1D3,12D2,15D,16D. The molecule has 12 heteroatoms. The smallest absolute Gasteiger partial charge is 0.227 e. The minimum atomic E-state index is -2.89. The molecule has 16 aromatic rings. The molecule has 4 unspecified atom stereocenters. The lowest BCUT2D eigenvalue weighted by atomic mass is 9.94. The van der Waals surface area contributed by atoms with Crippen molar-refractivity contribution < 1.29 is 79.8 Å². The molecule has 0 fully saturated rings. The van der Waals surface area contributed by atoms with Crippen LogP contribution in [0.25, 0.3) is 133 Å². The van der Waals surface area contributed by atoms with E-state index < -0.39 is 102 Å². The molecule has 16 rings (SSSR count). The van der Waals surface area contributed by atoms with E-state index in [4.69, 9.17) is 61.5 Å². The molecule has 0 aliphatic carbocycles. The van der Waals surface area contributed by atoms with E-state index in [1.807, 2.05) is 147 Å². The van der Waals surface area contributed by atoms with Crippen molar-refractivity contribution >= 4 is 88.3 Å². The van der Waals surface area contributed by atoms with Crippen LogP contribution in [0.1, 0.15) is 267 Å². The van der Waals surface area contributed by atoms with Gasteiger partial charge in [0, 0.05) is 156 Å². The second-order valence-electron chi connectivity index (χ2n) is 31.4. The van der Waals surface area contributed by atoms with Gasteiger partial charge in [0.1, 0.15) is 28.2 Å². The summed E-state index contributed by atoms with van der Waals surface area (Å²) in [4.78, 5) is 17.8. The third kappa shape index (κ3) is 16.8. The summed E-state index contributed by atoms with van der Waals surface area (Å²) in [6.45, 7) is 14.4. The van der Waals surface area contributed by atoms with E-state index in [0.29, 0.717) is 83.2 Å². The van der Waals surface area contributed by atoms with Crippen LogP contribution in [-0.4, -0.2) is 19.9 Å². The molecule has 12 heterocycles. The molecule has 0 aliphatic rings. The predicted octanol–water partition coefficient (Wildman–Crippen LogP) is 25.6. The number of pyridine rings is 8. The molecule has 4 aromatic carbocycles. The Bertz CT molecular complexity index is 7930. The molecule has 0 amide bonds. The zero-order chi connectivity index (χ0) is 111. The van der Waals surface area contributed by atoms with Gasteiger partial charge >= 0.3 is 0 Å². The van der Waals surface area contributed by atoms with Crippen molar-refractivity contribution in [2.45, 2.75) is 215 Å². The molecule has 0 saturated heterocycles. The monoisotopic (exact) mass is 1580 g/mol. The second-order valence-corrected chi connectivity index (χ2v) is 31.4. The molecule has 12 nitrogen and oxygen atoms in total. The van der Waals surface area contributed by atoms with E-state index in [0.717, 1.165) is 103 Å². The summed E-state index contributed by atoms with van der Waals surface area (Å²) in [5, 5.41) is 5.85. The quantitative estimate of drug-likeness (QED) is 0.0878. The van der Waals surface area contributed by atoms with Crippen LogP contribution >= 0.6 is 0 Å². The van der Waals surface area contributed by atoms with Crippen molar-refractivity contribution in [3.8, 4) is 45.0 Å². The van der Waals surface area contributed by atoms with Crippen molar-refractivity contribution in [2.24, 2.45) is 51.8 Å². The number of fused-ring (bicyclic) bond motifs is 12. The van der Waals surface area contributed by atoms with E-state index in [9.17, 15) is 0 Å². The minimum absolute atomic E-state index is 0.108. The summed E-state index contributed by atoms with van der Waals surface area (Å²) in [6, 6.07) is 35.6. The van der Waals surface area contributed by atoms with Gasteiger partial charge in [-0.05, 0) is 221 Å². The third-order valence-electron chi connectivity index (χ3n) is 20.8. The molecule has 0 saturated carbocycles. The van der Waals surface area contributed by atoms with Gasteiger partial charge in [-0.3, -0.25) is 0 Å². The van der Waals surface area contributed by atoms with Crippen LogP contribution in [0.5, 0.6) is 0 Å². The topological polar surface area (TPSA) is 120 Å². The van der Waals surface area contributed by atoms with Crippen LogP contribution < -0.4 is 18.3 Å². The number of rotatable bonds is 16. The first-order valence-corrected chi connectivity index (χ1v) is 38.8. The SMILES string of the molecule is [2H]C(C)(C)c1c[n+](C)c(-c2c(C)ccc3c2oc2nc(C([2H])([2H])C([2H])(C)C([2H])([2H])[2H])ccc23)cc1C.[2H]C([2H])([2H])C([2H])(C)c1c[n+](C)c(-c2c(C)ccc3c2oc2nc(C([2H])([2H])C([2H])(C)C([2H])([2H])[2H])ccc23)cc1C.[2H]C([2H])([2H])c1c[n+](C)c(-c2c(C)ccc3c2oc2nc(C([2H])([2H])C(C)C)ccc23)cc1C([2H])(C)C.[2H]C([2H])([2H])c1c[n+](C)c(-c2c(C)ccc3c2oc2nc(C([2H])([2H])C(C)C)ccc23)cc1C([2H])(C)C([2H])([2H])[2H]. The Morgan fingerprint density at radius 1 is 0.302 bits per heavy atom. The zero-order valence-electron chi connectivity index (χ0n) is 102. The molecule has 600 valence electrons. The first kappa shape index (κ1) is 51.4. The highest BCUT2D eigenvalue weighted by Gasteiger charge is 2.29. The molecule has 12 aromatic heterocycles. The molecule has 0 aliphatic heterocycles. The first-order chi connectivity index (χ1) is 67.3. The average Bonchev–Trinajstić information content (AvgIpc) is 1.31. The van der Waals surface area contributed by atoms with Crippen LogP contribution in [0.15, 0.2) is 164 Å². The lowest BCUT2D eigenvalue weighted by Crippen LogP contribution is -2.32. The summed E-state index contributed by atoms with van der Waals surface area (Å²) >= 11 is 0. The Balaban J connectivity index is 0.000000165. The fraction of sp³-hybridized carbons (Fsp3) is 0.385. The summed E-state index contributed by atoms with van der Waals surface area (Å²) in [5.74, 6) is -11.3. The predicted molar refractivity (Wildman–Crippen MR) is 481 cm³/mol. The van der Waals surface area contributed by atoms with Crippen LogP contribution in [0.4, 0.5) is 0 Å². The maximum atomic E-state index is 8.70. The largest absolute Gasteiger partial charge is 0.437 e. The van der Waals surface area contributed by atoms with Gasteiger partial charge in [0.2, 0.25) is 45.6 Å². The average molecular weight is 1580 g/mol. The lowest BCUT2D eigenvalue weighted by Gasteiger charge is -2.12. The van der Waals surface area contributed by atoms with Gasteiger partial charge in [-0.1, -0.05) is 159 Å². The Kier molecular flexibility index (Phi) is 15.0. The highest BCUT2D eigenvalue weighted by atomic mass is 16.4. The maximum Gasteiger partial charge on any atom is 0.227 e. The summed E-state index contributed by atoms with van der Waals surface area (Å²) < 4.78 is 292. The van der Waals surface area contributed by atoms with E-state index in [1.165, 1.54) is 38.2 Å². The van der Waals surface area contributed by atoms with Crippen molar-refractivity contribution in [3.63, 3.8) is 0 Å². The highest BCUT2D eigenvalue weighted by Crippen LogP contribution is 2.43. The molecule has 0 N–H and O–H groups in total. The van der Waals surface area contributed by atoms with E-state index in [-0.39, 0.29) is 62.7 Å². The molecule has 0 spiro atoms. The van der Waals surface area contributed by atoms with Gasteiger partial charge in [0.05, 0.1) is 22.3 Å². The number of furan rings is 4. The van der Waals surface area contributed by atoms with Crippen molar-refractivity contribution in [3.05, 3.63) is 236 Å². The Hall–Kier alpha value is -10.7. The minimum Gasteiger partial charge on any atom is -0.437 e. The van der Waals surface area contributed by atoms with E-state index in [1.54, 1.807) is 118 Å². The molecular weight excluding hydrogens is 1430 g/mol. The van der Waals surface area contributed by atoms with Gasteiger partial charge in [-0.2, -0.15) is 0 Å². The van der Waals surface area contributed by atoms with Crippen LogP contribution in [-0.2, 0) is 53.7 Å². The Morgan fingerprint density at radius 3 is 0.853 bits per heavy atom. The van der Waals surface area contributed by atoms with Crippen molar-refractivity contribution in [1.82, 2.24) is 19.9 Å². The molecule has 4 atom stereocenters. The fourth-order valence-corrected chi connectivity index (χ4v) is 15.3. The summed E-state index contributed by atoms with van der Waals surface area (Å²) in [6.07, 6.45) is -1.84.